The van der Waals surface area contributed by atoms with Gasteiger partial charge in [-0.25, -0.2) is 0 Å². The first-order valence-corrected chi connectivity index (χ1v) is 5.82. The van der Waals surface area contributed by atoms with Crippen molar-refractivity contribution in [3.63, 3.8) is 0 Å². The van der Waals surface area contributed by atoms with Crippen LogP contribution in [0.25, 0.3) is 0 Å². The van der Waals surface area contributed by atoms with Crippen molar-refractivity contribution in [1.29, 1.82) is 0 Å². The summed E-state index contributed by atoms with van der Waals surface area (Å²) in [6, 6.07) is 9.81. The van der Waals surface area contributed by atoms with Crippen LogP contribution in [0.5, 0.6) is 5.75 Å². The van der Waals surface area contributed by atoms with E-state index in [2.05, 4.69) is 12.2 Å². The molecule has 2 N–H and O–H groups in total. The monoisotopic (exact) mass is 223 g/mol. The lowest BCUT2D eigenvalue weighted by Crippen LogP contribution is -2.26. The van der Waals surface area contributed by atoms with Crippen LogP contribution in [0.1, 0.15) is 13.3 Å². The predicted octanol–water partition coefficient (Wildman–Crippen LogP) is 1.67. The van der Waals surface area contributed by atoms with E-state index in [-0.39, 0.29) is 6.61 Å². The molecule has 0 fully saturated rings. The highest BCUT2D eigenvalue weighted by Gasteiger charge is 1.99. The van der Waals surface area contributed by atoms with Gasteiger partial charge in [-0.2, -0.15) is 0 Å². The molecule has 0 saturated heterocycles. The Hall–Kier alpha value is -1.06. The quantitative estimate of drug-likeness (QED) is 0.659. The van der Waals surface area contributed by atoms with Crippen LogP contribution in [0.2, 0.25) is 0 Å². The lowest BCUT2D eigenvalue weighted by molar-refractivity contribution is 0.256. The summed E-state index contributed by atoms with van der Waals surface area (Å²) in [5.74, 6) is 1.43. The molecule has 0 aliphatic rings. The Bertz CT molecular complexity index is 264. The maximum Gasteiger partial charge on any atom is 0.119 e. The number of ether oxygens (including phenoxy) is 1. The molecular formula is C13H21NO2. The van der Waals surface area contributed by atoms with Crippen molar-refractivity contribution in [3.8, 4) is 5.75 Å². The summed E-state index contributed by atoms with van der Waals surface area (Å²) in [5.41, 5.74) is 0. The fourth-order valence-corrected chi connectivity index (χ4v) is 1.43. The van der Waals surface area contributed by atoms with Gasteiger partial charge in [-0.15, -0.1) is 0 Å². The maximum absolute atomic E-state index is 8.74. The standard InChI is InChI=1S/C13H21NO2/c1-12(7-9-15)11-14-8-10-16-13-5-3-2-4-6-13/h2-6,12,14-15H,7-11H2,1H3. The molecule has 0 bridgehead atoms. The minimum absolute atomic E-state index is 0.267. The van der Waals surface area contributed by atoms with E-state index in [1.165, 1.54) is 0 Å². The van der Waals surface area contributed by atoms with Crippen LogP contribution < -0.4 is 10.1 Å². The van der Waals surface area contributed by atoms with Crippen molar-refractivity contribution < 1.29 is 9.84 Å². The van der Waals surface area contributed by atoms with Gasteiger partial charge in [-0.05, 0) is 31.0 Å². The maximum atomic E-state index is 8.74. The Morgan fingerprint density at radius 2 is 2.06 bits per heavy atom. The van der Waals surface area contributed by atoms with Gasteiger partial charge in [0.1, 0.15) is 12.4 Å². The van der Waals surface area contributed by atoms with Gasteiger partial charge in [0.15, 0.2) is 0 Å². The van der Waals surface area contributed by atoms with Crippen molar-refractivity contribution in [2.75, 3.05) is 26.3 Å². The highest BCUT2D eigenvalue weighted by atomic mass is 16.5. The third kappa shape index (κ3) is 5.73. The molecule has 1 aromatic carbocycles. The molecule has 0 aromatic heterocycles. The van der Waals surface area contributed by atoms with Gasteiger partial charge in [0.05, 0.1) is 0 Å². The first kappa shape index (κ1) is 13.0. The molecule has 0 aliphatic carbocycles. The predicted molar refractivity (Wildman–Crippen MR) is 65.7 cm³/mol. The molecule has 16 heavy (non-hydrogen) atoms. The second-order valence-electron chi connectivity index (χ2n) is 3.98. The average Bonchev–Trinajstić information content (AvgIpc) is 2.30. The smallest absolute Gasteiger partial charge is 0.119 e. The summed E-state index contributed by atoms with van der Waals surface area (Å²) >= 11 is 0. The molecule has 90 valence electrons. The summed E-state index contributed by atoms with van der Waals surface area (Å²) in [6.07, 6.45) is 0.854. The van der Waals surface area contributed by atoms with Crippen molar-refractivity contribution in [2.45, 2.75) is 13.3 Å². The van der Waals surface area contributed by atoms with Crippen molar-refractivity contribution >= 4 is 0 Å². The molecule has 0 aliphatic heterocycles. The van der Waals surface area contributed by atoms with Crippen molar-refractivity contribution in [2.24, 2.45) is 5.92 Å². The van der Waals surface area contributed by atoms with Crippen LogP contribution in [0, 0.1) is 5.92 Å². The molecule has 1 atom stereocenters. The number of nitrogens with one attached hydrogen (secondary N) is 1. The fourth-order valence-electron chi connectivity index (χ4n) is 1.43. The number of rotatable bonds is 8. The van der Waals surface area contributed by atoms with Gasteiger partial charge >= 0.3 is 0 Å². The summed E-state index contributed by atoms with van der Waals surface area (Å²) in [7, 11) is 0. The van der Waals surface area contributed by atoms with Crippen LogP contribution in [0.4, 0.5) is 0 Å². The van der Waals surface area contributed by atoms with E-state index in [9.17, 15) is 0 Å². The van der Waals surface area contributed by atoms with E-state index in [4.69, 9.17) is 9.84 Å². The van der Waals surface area contributed by atoms with Crippen LogP contribution in [-0.4, -0.2) is 31.4 Å². The number of aliphatic hydroxyl groups is 1. The van der Waals surface area contributed by atoms with E-state index in [0.717, 1.165) is 25.3 Å². The Morgan fingerprint density at radius 1 is 1.31 bits per heavy atom. The Labute approximate surface area is 97.4 Å². The zero-order valence-electron chi connectivity index (χ0n) is 9.86. The third-order valence-corrected chi connectivity index (χ3v) is 2.41. The molecule has 3 nitrogen and oxygen atoms in total. The normalized spacial score (nSPS) is 12.4. The first-order chi connectivity index (χ1) is 7.83. The van der Waals surface area contributed by atoms with E-state index in [1.54, 1.807) is 0 Å². The molecule has 1 unspecified atom stereocenters. The topological polar surface area (TPSA) is 41.5 Å². The molecular weight excluding hydrogens is 202 g/mol. The van der Waals surface area contributed by atoms with E-state index < -0.39 is 0 Å². The molecule has 1 rings (SSSR count). The van der Waals surface area contributed by atoms with E-state index in [0.29, 0.717) is 12.5 Å². The molecule has 0 saturated carbocycles. The Balaban J connectivity index is 2.00. The molecule has 0 heterocycles. The molecule has 1 aromatic rings. The third-order valence-electron chi connectivity index (χ3n) is 2.41. The van der Waals surface area contributed by atoms with Crippen LogP contribution in [-0.2, 0) is 0 Å². The van der Waals surface area contributed by atoms with Gasteiger partial charge in [-0.1, -0.05) is 25.1 Å². The number of hydrogen-bond acceptors (Lipinski definition) is 3. The van der Waals surface area contributed by atoms with Gasteiger partial charge in [0, 0.05) is 13.2 Å². The lowest BCUT2D eigenvalue weighted by atomic mass is 10.1. The van der Waals surface area contributed by atoms with Gasteiger partial charge in [-0.3, -0.25) is 0 Å². The number of hydrogen-bond donors (Lipinski definition) is 2. The molecule has 3 heteroatoms. The minimum atomic E-state index is 0.267. The molecule has 0 radical (unpaired) electrons. The average molecular weight is 223 g/mol. The minimum Gasteiger partial charge on any atom is -0.492 e. The second-order valence-corrected chi connectivity index (χ2v) is 3.98. The molecule has 0 spiro atoms. The van der Waals surface area contributed by atoms with Gasteiger partial charge in [0.25, 0.3) is 0 Å². The summed E-state index contributed by atoms with van der Waals surface area (Å²) in [5, 5.41) is 12.0. The summed E-state index contributed by atoms with van der Waals surface area (Å²) in [6.45, 7) is 4.84. The van der Waals surface area contributed by atoms with Crippen LogP contribution >= 0.6 is 0 Å². The number of benzene rings is 1. The van der Waals surface area contributed by atoms with Crippen molar-refractivity contribution in [3.05, 3.63) is 30.3 Å². The van der Waals surface area contributed by atoms with Crippen molar-refractivity contribution in [1.82, 2.24) is 5.32 Å². The highest BCUT2D eigenvalue weighted by Crippen LogP contribution is 2.07. The van der Waals surface area contributed by atoms with Gasteiger partial charge in [0.2, 0.25) is 0 Å². The second kappa shape index (κ2) is 8.13. The van der Waals surface area contributed by atoms with Crippen LogP contribution in [0.15, 0.2) is 30.3 Å². The Morgan fingerprint density at radius 3 is 2.75 bits per heavy atom. The summed E-state index contributed by atoms with van der Waals surface area (Å²) in [4.78, 5) is 0. The van der Waals surface area contributed by atoms with E-state index >= 15 is 0 Å². The zero-order chi connectivity index (χ0) is 11.6. The van der Waals surface area contributed by atoms with E-state index in [1.807, 2.05) is 30.3 Å². The Kier molecular flexibility index (Phi) is 6.61. The highest BCUT2D eigenvalue weighted by molar-refractivity contribution is 5.20. The number of para-hydroxylation sites is 1. The fraction of sp³-hybridized carbons (Fsp3) is 0.538. The summed E-state index contributed by atoms with van der Waals surface area (Å²) < 4.78 is 5.54. The first-order valence-electron chi connectivity index (χ1n) is 5.82. The largest absolute Gasteiger partial charge is 0.492 e. The molecule has 0 amide bonds. The van der Waals surface area contributed by atoms with Crippen LogP contribution in [0.3, 0.4) is 0 Å². The zero-order valence-corrected chi connectivity index (χ0v) is 9.86. The lowest BCUT2D eigenvalue weighted by Gasteiger charge is -2.11. The number of aliphatic hydroxyl groups excluding tert-OH is 1. The van der Waals surface area contributed by atoms with Gasteiger partial charge < -0.3 is 15.2 Å². The SMILES string of the molecule is CC(CCO)CNCCOc1ccccc1.